The van der Waals surface area contributed by atoms with Gasteiger partial charge >= 0.3 is 5.97 Å². The van der Waals surface area contributed by atoms with Crippen LogP contribution in [0.4, 0.5) is 0 Å². The molecular formula is C6H11IO4. The van der Waals surface area contributed by atoms with Crippen molar-refractivity contribution >= 4 is 28.6 Å². The van der Waals surface area contributed by atoms with E-state index in [2.05, 4.69) is 37.1 Å². The number of ether oxygens (including phenoxy) is 1. The number of hydrogen-bond donors (Lipinski definition) is 0. The molecule has 0 bridgehead atoms. The Bertz CT molecular complexity index is 107. The summed E-state index contributed by atoms with van der Waals surface area (Å²) in [5.41, 5.74) is 0. The Kier molecular flexibility index (Phi) is 8.31. The molecule has 0 spiro atoms. The first-order valence-corrected chi connectivity index (χ1v) is 4.71. The van der Waals surface area contributed by atoms with Gasteiger partial charge in [0.25, 0.3) is 0 Å². The Hall–Kier alpha value is 0.120. The second-order valence-electron chi connectivity index (χ2n) is 1.75. The largest absolute Gasteiger partial charge is 0.373 e. The quantitative estimate of drug-likeness (QED) is 0.238. The third-order valence-corrected chi connectivity index (χ3v) is 1.54. The third-order valence-electron chi connectivity index (χ3n) is 0.775. The number of rotatable bonds is 6. The Morgan fingerprint density at radius 2 is 2.27 bits per heavy atom. The molecule has 4 nitrogen and oxygen atoms in total. The van der Waals surface area contributed by atoms with Crippen molar-refractivity contribution in [2.75, 3.05) is 24.8 Å². The maximum atomic E-state index is 10.5. The first-order valence-electron chi connectivity index (χ1n) is 3.18. The van der Waals surface area contributed by atoms with E-state index in [1.165, 1.54) is 7.11 Å². The molecule has 0 saturated carbocycles. The van der Waals surface area contributed by atoms with Crippen LogP contribution in [0.2, 0.25) is 0 Å². The molecule has 66 valence electrons. The second kappa shape index (κ2) is 8.22. The van der Waals surface area contributed by atoms with E-state index in [-0.39, 0.29) is 6.61 Å². The van der Waals surface area contributed by atoms with Gasteiger partial charge in [0.15, 0.2) is 0 Å². The zero-order valence-electron chi connectivity index (χ0n) is 6.34. The number of halogens is 1. The van der Waals surface area contributed by atoms with Crippen LogP contribution in [0, 0.1) is 0 Å². The van der Waals surface area contributed by atoms with Crippen molar-refractivity contribution in [1.82, 2.24) is 0 Å². The molecule has 0 aliphatic rings. The van der Waals surface area contributed by atoms with Gasteiger partial charge in [0.1, 0.15) is 6.61 Å². The Morgan fingerprint density at radius 1 is 1.55 bits per heavy atom. The van der Waals surface area contributed by atoms with Crippen molar-refractivity contribution in [2.45, 2.75) is 6.42 Å². The molecule has 0 heterocycles. The summed E-state index contributed by atoms with van der Waals surface area (Å²) < 4.78 is 5.49. The number of alkyl halides is 1. The normalized spacial score (nSPS) is 9.64. The molecule has 0 saturated heterocycles. The van der Waals surface area contributed by atoms with Crippen molar-refractivity contribution in [3.05, 3.63) is 0 Å². The van der Waals surface area contributed by atoms with Gasteiger partial charge in [-0.1, -0.05) is 22.6 Å². The first-order chi connectivity index (χ1) is 5.31. The van der Waals surface area contributed by atoms with E-state index in [0.29, 0.717) is 6.61 Å². The van der Waals surface area contributed by atoms with Crippen molar-refractivity contribution in [3.8, 4) is 0 Å². The number of carbonyl (C=O) groups excluding carboxylic acids is 1. The molecule has 0 radical (unpaired) electrons. The minimum atomic E-state index is -0.499. The molecule has 11 heavy (non-hydrogen) atoms. The van der Waals surface area contributed by atoms with Crippen LogP contribution >= 0.6 is 22.6 Å². The van der Waals surface area contributed by atoms with Crippen LogP contribution in [0.5, 0.6) is 0 Å². The van der Waals surface area contributed by atoms with Gasteiger partial charge in [-0.25, -0.2) is 4.79 Å². The van der Waals surface area contributed by atoms with Gasteiger partial charge in [-0.15, -0.1) is 0 Å². The van der Waals surface area contributed by atoms with E-state index in [9.17, 15) is 4.79 Å². The van der Waals surface area contributed by atoms with Gasteiger partial charge in [-0.2, -0.15) is 4.89 Å². The first kappa shape index (κ1) is 11.1. The van der Waals surface area contributed by atoms with E-state index < -0.39 is 5.97 Å². The minimum absolute atomic E-state index is 0.0652. The van der Waals surface area contributed by atoms with Crippen LogP contribution in [0.25, 0.3) is 0 Å². The topological polar surface area (TPSA) is 44.8 Å². The van der Waals surface area contributed by atoms with Gasteiger partial charge in [0.2, 0.25) is 0 Å². The summed E-state index contributed by atoms with van der Waals surface area (Å²) in [5, 5.41) is 0. The molecule has 0 aromatic heterocycles. The van der Waals surface area contributed by atoms with E-state index in [1.54, 1.807) is 0 Å². The van der Waals surface area contributed by atoms with Crippen molar-refractivity contribution in [3.63, 3.8) is 0 Å². The fraction of sp³-hybridized carbons (Fsp3) is 0.833. The summed E-state index contributed by atoms with van der Waals surface area (Å²) in [6.07, 6.45) is 0.876. The number of hydrogen-bond acceptors (Lipinski definition) is 4. The van der Waals surface area contributed by atoms with Crippen LogP contribution in [0.1, 0.15) is 6.42 Å². The molecule has 0 unspecified atom stereocenters. The SMILES string of the molecule is COCC(=O)OOCCCI. The standard InChI is InChI=1S/C6H11IO4/c1-9-5-6(8)11-10-4-2-3-7/h2-5H2,1H3. The smallest absolute Gasteiger partial charge is 0.367 e. The maximum absolute atomic E-state index is 10.5. The molecular weight excluding hydrogens is 263 g/mol. The van der Waals surface area contributed by atoms with E-state index in [1.807, 2.05) is 0 Å². The number of methoxy groups -OCH3 is 1. The van der Waals surface area contributed by atoms with Gasteiger partial charge in [-0.05, 0) is 6.42 Å². The maximum Gasteiger partial charge on any atom is 0.367 e. The lowest BCUT2D eigenvalue weighted by atomic mass is 10.5. The lowest BCUT2D eigenvalue weighted by Crippen LogP contribution is -2.12. The lowest BCUT2D eigenvalue weighted by Gasteiger charge is -2.00. The molecule has 0 amide bonds. The summed E-state index contributed by atoms with van der Waals surface area (Å²) in [4.78, 5) is 19.4. The van der Waals surface area contributed by atoms with Gasteiger partial charge in [0, 0.05) is 11.5 Å². The highest BCUT2D eigenvalue weighted by molar-refractivity contribution is 14.1. The van der Waals surface area contributed by atoms with Gasteiger partial charge in [0.05, 0.1) is 6.61 Å². The van der Waals surface area contributed by atoms with Crippen LogP contribution in [0.15, 0.2) is 0 Å². The van der Waals surface area contributed by atoms with Crippen molar-refractivity contribution < 1.29 is 19.3 Å². The van der Waals surface area contributed by atoms with Gasteiger partial charge in [-0.3, -0.25) is 4.89 Å². The van der Waals surface area contributed by atoms with Crippen LogP contribution in [-0.2, 0) is 19.3 Å². The molecule has 0 fully saturated rings. The highest BCUT2D eigenvalue weighted by Gasteiger charge is 2.00. The molecule has 0 rings (SSSR count). The molecule has 0 aromatic carbocycles. The molecule has 5 heteroatoms. The summed E-state index contributed by atoms with van der Waals surface area (Å²) in [7, 11) is 1.42. The van der Waals surface area contributed by atoms with Crippen molar-refractivity contribution in [2.24, 2.45) is 0 Å². The third kappa shape index (κ3) is 8.02. The molecule has 0 aliphatic heterocycles. The van der Waals surface area contributed by atoms with Crippen LogP contribution in [0.3, 0.4) is 0 Å². The van der Waals surface area contributed by atoms with E-state index in [4.69, 9.17) is 0 Å². The number of carbonyl (C=O) groups is 1. The zero-order chi connectivity index (χ0) is 8.53. The second-order valence-corrected chi connectivity index (χ2v) is 2.83. The predicted octanol–water partition coefficient (Wildman–Crippen LogP) is 0.933. The van der Waals surface area contributed by atoms with Crippen molar-refractivity contribution in [1.29, 1.82) is 0 Å². The fourth-order valence-corrected chi connectivity index (χ4v) is 0.674. The highest BCUT2D eigenvalue weighted by Crippen LogP contribution is 1.90. The van der Waals surface area contributed by atoms with Gasteiger partial charge < -0.3 is 4.74 Å². The molecule has 0 atom stereocenters. The van der Waals surface area contributed by atoms with Crippen LogP contribution in [-0.4, -0.2) is 30.7 Å². The average molecular weight is 274 g/mol. The van der Waals surface area contributed by atoms with E-state index >= 15 is 0 Å². The molecule has 0 N–H and O–H groups in total. The Labute approximate surface area is 79.3 Å². The monoisotopic (exact) mass is 274 g/mol. The Balaban J connectivity index is 3.04. The van der Waals surface area contributed by atoms with E-state index in [0.717, 1.165) is 10.8 Å². The average Bonchev–Trinajstić information content (AvgIpc) is 1.99. The summed E-state index contributed by atoms with van der Waals surface area (Å²) in [6, 6.07) is 0. The van der Waals surface area contributed by atoms with Crippen LogP contribution < -0.4 is 0 Å². The Morgan fingerprint density at radius 3 is 2.82 bits per heavy atom. The molecule has 0 aromatic rings. The summed E-state index contributed by atoms with van der Waals surface area (Å²) >= 11 is 2.22. The highest BCUT2D eigenvalue weighted by atomic mass is 127. The molecule has 0 aliphatic carbocycles. The minimum Gasteiger partial charge on any atom is -0.373 e. The summed E-state index contributed by atoms with van der Waals surface area (Å²) in [6.45, 7) is 0.378. The fourth-order valence-electron chi connectivity index (χ4n) is 0.363. The lowest BCUT2D eigenvalue weighted by molar-refractivity contribution is -0.274. The summed E-state index contributed by atoms with van der Waals surface area (Å²) in [5.74, 6) is -0.499. The zero-order valence-corrected chi connectivity index (χ0v) is 8.50. The predicted molar refractivity (Wildman–Crippen MR) is 47.4 cm³/mol.